The van der Waals surface area contributed by atoms with E-state index in [0.717, 1.165) is 6.07 Å². The van der Waals surface area contributed by atoms with Gasteiger partial charge >= 0.3 is 5.97 Å². The Labute approximate surface area is 121 Å². The Balaban J connectivity index is 3.06. The van der Waals surface area contributed by atoms with Crippen molar-refractivity contribution in [1.82, 2.24) is 4.72 Å². The quantitative estimate of drug-likeness (QED) is 0.493. The largest absolute Gasteiger partial charge is 0.478 e. The minimum Gasteiger partial charge on any atom is -0.478 e. The van der Waals surface area contributed by atoms with E-state index in [0.29, 0.717) is 0 Å². The number of nitro groups is 1. The number of aromatic carboxylic acids is 1. The van der Waals surface area contributed by atoms with Crippen LogP contribution in [0.15, 0.2) is 12.1 Å². The van der Waals surface area contributed by atoms with Gasteiger partial charge in [-0.05, 0) is 20.0 Å². The van der Waals surface area contributed by atoms with Crippen LogP contribution in [-0.4, -0.2) is 43.8 Å². The smallest absolute Gasteiger partial charge is 0.336 e. The number of anilines is 1. The van der Waals surface area contributed by atoms with E-state index in [1.807, 2.05) is 0 Å². The first kappa shape index (κ1) is 16.9. The van der Waals surface area contributed by atoms with Crippen molar-refractivity contribution >= 4 is 27.4 Å². The maximum Gasteiger partial charge on any atom is 0.336 e. The second-order valence-corrected chi connectivity index (χ2v) is 6.23. The summed E-state index contributed by atoms with van der Waals surface area (Å²) in [5, 5.41) is 22.6. The predicted octanol–water partition coefficient (Wildman–Crippen LogP) is 0.563. The number of hydrogen-bond donors (Lipinski definition) is 3. The van der Waals surface area contributed by atoms with Gasteiger partial charge in [-0.25, -0.2) is 17.9 Å². The number of nitrogens with one attached hydrogen (secondary N) is 2. The molecule has 0 atom stereocenters. The van der Waals surface area contributed by atoms with Crippen LogP contribution in [0.5, 0.6) is 0 Å². The fourth-order valence-electron chi connectivity index (χ4n) is 1.62. The Hall–Kier alpha value is -2.20. The molecule has 0 aliphatic heterocycles. The third kappa shape index (κ3) is 4.39. The number of carbonyl (C=O) groups is 1. The van der Waals surface area contributed by atoms with E-state index in [-0.39, 0.29) is 34.8 Å². The van der Waals surface area contributed by atoms with Crippen molar-refractivity contribution in [2.24, 2.45) is 0 Å². The number of carboxylic acid groups (broad SMARTS) is 1. The number of nitrogens with zero attached hydrogens (tertiary/aromatic N) is 1. The minimum atomic E-state index is -3.42. The highest BCUT2D eigenvalue weighted by molar-refractivity contribution is 7.89. The van der Waals surface area contributed by atoms with Crippen LogP contribution in [0.2, 0.25) is 0 Å². The summed E-state index contributed by atoms with van der Waals surface area (Å²) < 4.78 is 24.7. The highest BCUT2D eigenvalue weighted by Gasteiger charge is 2.19. The molecule has 0 aliphatic carbocycles. The Morgan fingerprint density at radius 3 is 2.52 bits per heavy atom. The van der Waals surface area contributed by atoms with Crippen molar-refractivity contribution in [2.45, 2.75) is 6.92 Å². The lowest BCUT2D eigenvalue weighted by atomic mass is 10.1. The average Bonchev–Trinajstić information content (AvgIpc) is 2.39. The fourth-order valence-corrected chi connectivity index (χ4v) is 2.19. The van der Waals surface area contributed by atoms with Gasteiger partial charge in [-0.1, -0.05) is 0 Å². The van der Waals surface area contributed by atoms with E-state index in [4.69, 9.17) is 5.11 Å². The molecule has 116 valence electrons. The second kappa shape index (κ2) is 6.50. The predicted molar refractivity (Wildman–Crippen MR) is 76.1 cm³/mol. The topological polar surface area (TPSA) is 139 Å². The summed E-state index contributed by atoms with van der Waals surface area (Å²) in [5.74, 6) is -1.54. The molecule has 10 heteroatoms. The lowest BCUT2D eigenvalue weighted by Crippen LogP contribution is -2.26. The molecular weight excluding hydrogens is 302 g/mol. The molecule has 0 heterocycles. The van der Waals surface area contributed by atoms with Crippen LogP contribution in [0.25, 0.3) is 0 Å². The van der Waals surface area contributed by atoms with Gasteiger partial charge in [-0.15, -0.1) is 0 Å². The number of benzene rings is 1. The lowest BCUT2D eigenvalue weighted by molar-refractivity contribution is -0.385. The summed E-state index contributed by atoms with van der Waals surface area (Å²) in [4.78, 5) is 21.2. The number of carboxylic acids is 1. The van der Waals surface area contributed by atoms with Crippen LogP contribution in [-0.2, 0) is 10.0 Å². The molecule has 0 unspecified atom stereocenters. The van der Waals surface area contributed by atoms with E-state index >= 15 is 0 Å². The number of hydrogen-bond acceptors (Lipinski definition) is 6. The molecule has 3 N–H and O–H groups in total. The molecule has 9 nitrogen and oxygen atoms in total. The number of sulfonamides is 1. The molecule has 21 heavy (non-hydrogen) atoms. The molecule has 0 radical (unpaired) electrons. The van der Waals surface area contributed by atoms with Gasteiger partial charge in [-0.2, -0.15) is 0 Å². The summed E-state index contributed by atoms with van der Waals surface area (Å²) in [6.45, 7) is 1.45. The third-order valence-corrected chi connectivity index (χ3v) is 4.18. The van der Waals surface area contributed by atoms with E-state index in [9.17, 15) is 23.3 Å². The molecular formula is C11H15N3O6S. The molecule has 1 rings (SSSR count). The lowest BCUT2D eigenvalue weighted by Gasteiger charge is -2.11. The van der Waals surface area contributed by atoms with Crippen LogP contribution in [0.1, 0.15) is 15.9 Å². The highest BCUT2D eigenvalue weighted by Crippen LogP contribution is 2.27. The van der Waals surface area contributed by atoms with E-state index in [1.165, 1.54) is 20.0 Å². The van der Waals surface area contributed by atoms with Gasteiger partial charge in [0.2, 0.25) is 10.0 Å². The maximum atomic E-state index is 11.3. The fraction of sp³-hybridized carbons (Fsp3) is 0.364. The normalized spacial score (nSPS) is 11.1. The zero-order valence-corrected chi connectivity index (χ0v) is 12.2. The molecule has 0 saturated carbocycles. The summed E-state index contributed by atoms with van der Waals surface area (Å²) >= 11 is 0. The van der Waals surface area contributed by atoms with Gasteiger partial charge in [0.05, 0.1) is 16.2 Å². The van der Waals surface area contributed by atoms with Gasteiger partial charge in [-0.3, -0.25) is 10.1 Å². The van der Waals surface area contributed by atoms with Crippen molar-refractivity contribution in [3.05, 3.63) is 33.4 Å². The maximum absolute atomic E-state index is 11.3. The van der Waals surface area contributed by atoms with Crippen LogP contribution in [0.3, 0.4) is 0 Å². The van der Waals surface area contributed by atoms with Crippen molar-refractivity contribution in [2.75, 3.05) is 24.7 Å². The molecule has 0 aliphatic rings. The molecule has 0 aromatic heterocycles. The molecule has 0 spiro atoms. The summed E-state index contributed by atoms with van der Waals surface area (Å²) in [6.07, 6.45) is 0. The standard InChI is InChI=1S/C11H15N3O6S/c1-7-9(13-3-4-21(19,20)12-2)5-8(11(15)16)6-10(7)14(17)18/h5-6,12-13H,3-4H2,1-2H3,(H,15,16). The molecule has 0 bridgehead atoms. The van der Waals surface area contributed by atoms with Crippen molar-refractivity contribution in [1.29, 1.82) is 0 Å². The Kier molecular flexibility index (Phi) is 5.22. The van der Waals surface area contributed by atoms with E-state index in [2.05, 4.69) is 10.0 Å². The first-order valence-corrected chi connectivity index (χ1v) is 7.50. The van der Waals surface area contributed by atoms with Crippen molar-refractivity contribution < 1.29 is 23.2 Å². The van der Waals surface area contributed by atoms with Gasteiger partial charge in [0.15, 0.2) is 0 Å². The van der Waals surface area contributed by atoms with Crippen LogP contribution < -0.4 is 10.0 Å². The Bertz CT molecular complexity index is 671. The summed E-state index contributed by atoms with van der Waals surface area (Å²) in [6, 6.07) is 2.20. The van der Waals surface area contributed by atoms with Gasteiger partial charge in [0, 0.05) is 23.9 Å². The molecule has 1 aromatic rings. The Morgan fingerprint density at radius 1 is 1.43 bits per heavy atom. The van der Waals surface area contributed by atoms with Crippen LogP contribution in [0.4, 0.5) is 11.4 Å². The Morgan fingerprint density at radius 2 is 2.05 bits per heavy atom. The first-order valence-electron chi connectivity index (χ1n) is 5.85. The van der Waals surface area contributed by atoms with Crippen LogP contribution in [0, 0.1) is 17.0 Å². The SMILES string of the molecule is CNS(=O)(=O)CCNc1cc(C(=O)O)cc([N+](=O)[O-])c1C. The van der Waals surface area contributed by atoms with Gasteiger partial charge in [0.25, 0.3) is 5.69 Å². The third-order valence-electron chi connectivity index (χ3n) is 2.82. The molecule has 0 fully saturated rings. The zero-order valence-electron chi connectivity index (χ0n) is 11.4. The van der Waals surface area contributed by atoms with Gasteiger partial charge < -0.3 is 10.4 Å². The first-order chi connectivity index (χ1) is 9.68. The monoisotopic (exact) mass is 317 g/mol. The molecule has 0 amide bonds. The van der Waals surface area contributed by atoms with E-state index < -0.39 is 20.9 Å². The second-order valence-electron chi connectivity index (χ2n) is 4.18. The number of rotatable bonds is 7. The average molecular weight is 317 g/mol. The van der Waals surface area contributed by atoms with Gasteiger partial charge in [0.1, 0.15) is 0 Å². The highest BCUT2D eigenvalue weighted by atomic mass is 32.2. The molecule has 0 saturated heterocycles. The van der Waals surface area contributed by atoms with E-state index in [1.54, 1.807) is 0 Å². The number of nitro benzene ring substituents is 1. The minimum absolute atomic E-state index is 0.00968. The van der Waals surface area contributed by atoms with Crippen LogP contribution >= 0.6 is 0 Å². The summed E-state index contributed by atoms with van der Waals surface area (Å²) in [5.41, 5.74) is -0.125. The molecule has 1 aromatic carbocycles. The van der Waals surface area contributed by atoms with Crippen molar-refractivity contribution in [3.8, 4) is 0 Å². The zero-order chi connectivity index (χ0) is 16.2. The van der Waals surface area contributed by atoms with Crippen molar-refractivity contribution in [3.63, 3.8) is 0 Å². The summed E-state index contributed by atoms with van der Waals surface area (Å²) in [7, 11) is -2.14.